The van der Waals surface area contributed by atoms with E-state index in [1.807, 2.05) is 0 Å². The highest BCUT2D eigenvalue weighted by molar-refractivity contribution is 6.30. The number of hydrogen-bond donors (Lipinski definition) is 3. The number of nitrogens with zero attached hydrogens (tertiary/aromatic N) is 3. The largest absolute Gasteiger partial charge is 0.308 e. The van der Waals surface area contributed by atoms with Crippen molar-refractivity contribution in [2.24, 2.45) is 5.84 Å². The molecular weight excluding hydrogens is 256 g/mol. The summed E-state index contributed by atoms with van der Waals surface area (Å²) < 4.78 is 0. The van der Waals surface area contributed by atoms with Gasteiger partial charge in [-0.15, -0.1) is 5.10 Å². The Morgan fingerprint density at radius 2 is 2.17 bits per heavy atom. The zero-order chi connectivity index (χ0) is 13.0. The standard InChI is InChI=1S/C10H9ClN6O/c11-7-4-6(5-9(14-7)16-12)10(18)15-8-2-1-3-13-17-8/h1-5H,12H2,(H,14,16)(H,15,17,18). The molecule has 0 aromatic carbocycles. The van der Waals surface area contributed by atoms with Crippen molar-refractivity contribution in [1.82, 2.24) is 15.2 Å². The van der Waals surface area contributed by atoms with Crippen LogP contribution >= 0.6 is 11.6 Å². The maximum absolute atomic E-state index is 11.9. The highest BCUT2D eigenvalue weighted by Crippen LogP contribution is 2.14. The van der Waals surface area contributed by atoms with Crippen LogP contribution in [0.1, 0.15) is 10.4 Å². The van der Waals surface area contributed by atoms with Gasteiger partial charge in [0.25, 0.3) is 5.91 Å². The summed E-state index contributed by atoms with van der Waals surface area (Å²) in [5.74, 6) is 5.48. The lowest BCUT2D eigenvalue weighted by Crippen LogP contribution is -2.15. The molecule has 1 amide bonds. The average Bonchev–Trinajstić information content (AvgIpc) is 2.39. The van der Waals surface area contributed by atoms with Crippen LogP contribution in [0.2, 0.25) is 5.15 Å². The molecule has 0 radical (unpaired) electrons. The molecule has 4 N–H and O–H groups in total. The zero-order valence-electron chi connectivity index (χ0n) is 9.09. The van der Waals surface area contributed by atoms with E-state index in [1.165, 1.54) is 18.3 Å². The minimum Gasteiger partial charge on any atom is -0.308 e. The Balaban J connectivity index is 2.21. The van der Waals surface area contributed by atoms with Crippen molar-refractivity contribution in [2.45, 2.75) is 0 Å². The molecule has 2 aromatic rings. The fraction of sp³-hybridized carbons (Fsp3) is 0. The van der Waals surface area contributed by atoms with Gasteiger partial charge >= 0.3 is 0 Å². The number of hydrazine groups is 1. The number of nitrogens with one attached hydrogen (secondary N) is 2. The van der Waals surface area contributed by atoms with Gasteiger partial charge in [-0.1, -0.05) is 11.6 Å². The van der Waals surface area contributed by atoms with Crippen LogP contribution < -0.4 is 16.6 Å². The van der Waals surface area contributed by atoms with Gasteiger partial charge in [-0.05, 0) is 24.3 Å². The summed E-state index contributed by atoms with van der Waals surface area (Å²) in [7, 11) is 0. The third-order valence-corrected chi connectivity index (χ3v) is 2.21. The predicted octanol–water partition coefficient (Wildman–Crippen LogP) is 1.06. The summed E-state index contributed by atoms with van der Waals surface area (Å²) in [6, 6.07) is 6.18. The summed E-state index contributed by atoms with van der Waals surface area (Å²) in [6.07, 6.45) is 1.51. The van der Waals surface area contributed by atoms with Crippen molar-refractivity contribution in [2.75, 3.05) is 10.7 Å². The number of anilines is 2. The molecule has 2 aromatic heterocycles. The molecule has 2 rings (SSSR count). The quantitative estimate of drug-likeness (QED) is 0.435. The van der Waals surface area contributed by atoms with Crippen molar-refractivity contribution in [3.8, 4) is 0 Å². The van der Waals surface area contributed by atoms with Crippen molar-refractivity contribution in [1.29, 1.82) is 0 Å². The van der Waals surface area contributed by atoms with E-state index >= 15 is 0 Å². The molecule has 18 heavy (non-hydrogen) atoms. The molecule has 0 fully saturated rings. The molecule has 0 saturated carbocycles. The van der Waals surface area contributed by atoms with E-state index in [2.05, 4.69) is 25.9 Å². The zero-order valence-corrected chi connectivity index (χ0v) is 9.85. The van der Waals surface area contributed by atoms with Gasteiger partial charge in [0.15, 0.2) is 5.82 Å². The lowest BCUT2D eigenvalue weighted by Gasteiger charge is -2.05. The Hall–Kier alpha value is -2.25. The number of carbonyl (C=O) groups is 1. The first-order valence-electron chi connectivity index (χ1n) is 4.92. The van der Waals surface area contributed by atoms with E-state index in [-0.39, 0.29) is 11.1 Å². The number of amides is 1. The third-order valence-electron chi connectivity index (χ3n) is 2.02. The molecule has 8 heteroatoms. The summed E-state index contributed by atoms with van der Waals surface area (Å²) in [4.78, 5) is 15.8. The lowest BCUT2D eigenvalue weighted by molar-refractivity contribution is 0.102. The van der Waals surface area contributed by atoms with Crippen LogP contribution in [0.25, 0.3) is 0 Å². The van der Waals surface area contributed by atoms with Crippen LogP contribution in [-0.2, 0) is 0 Å². The van der Waals surface area contributed by atoms with Gasteiger partial charge in [0.05, 0.1) is 0 Å². The molecule has 0 aliphatic rings. The molecule has 0 unspecified atom stereocenters. The predicted molar refractivity (Wildman–Crippen MR) is 67.0 cm³/mol. The van der Waals surface area contributed by atoms with Crippen molar-refractivity contribution < 1.29 is 4.79 Å². The summed E-state index contributed by atoms with van der Waals surface area (Å²) in [6.45, 7) is 0. The van der Waals surface area contributed by atoms with E-state index in [0.717, 1.165) is 0 Å². The first kappa shape index (κ1) is 12.2. The molecule has 92 valence electrons. The molecule has 0 aliphatic carbocycles. The fourth-order valence-corrected chi connectivity index (χ4v) is 1.47. The number of carbonyl (C=O) groups excluding carboxylic acids is 1. The first-order valence-corrected chi connectivity index (χ1v) is 5.30. The van der Waals surface area contributed by atoms with Gasteiger partial charge < -0.3 is 10.7 Å². The fourth-order valence-electron chi connectivity index (χ4n) is 1.26. The minimum absolute atomic E-state index is 0.162. The lowest BCUT2D eigenvalue weighted by atomic mass is 10.2. The Bertz CT molecular complexity index is 562. The van der Waals surface area contributed by atoms with Gasteiger partial charge in [0.2, 0.25) is 0 Å². The summed E-state index contributed by atoms with van der Waals surface area (Å²) >= 11 is 5.76. The number of hydrogen-bond acceptors (Lipinski definition) is 6. The normalized spacial score (nSPS) is 9.89. The molecule has 0 saturated heterocycles. The van der Waals surface area contributed by atoms with Crippen molar-refractivity contribution in [3.05, 3.63) is 41.2 Å². The molecule has 0 atom stereocenters. The molecule has 0 spiro atoms. The van der Waals surface area contributed by atoms with Gasteiger partial charge in [0.1, 0.15) is 11.0 Å². The summed E-state index contributed by atoms with van der Waals surface area (Å²) in [5, 5.41) is 10.1. The highest BCUT2D eigenvalue weighted by atomic mass is 35.5. The number of rotatable bonds is 3. The number of aromatic nitrogens is 3. The van der Waals surface area contributed by atoms with Crippen LogP contribution in [0.5, 0.6) is 0 Å². The number of nitrogen functional groups attached to an aromatic ring is 1. The van der Waals surface area contributed by atoms with Crippen molar-refractivity contribution in [3.63, 3.8) is 0 Å². The molecule has 2 heterocycles. The van der Waals surface area contributed by atoms with E-state index in [1.54, 1.807) is 12.1 Å². The third kappa shape index (κ3) is 2.90. The number of halogens is 1. The van der Waals surface area contributed by atoms with Crippen LogP contribution in [0.15, 0.2) is 30.5 Å². The number of pyridine rings is 1. The van der Waals surface area contributed by atoms with Crippen LogP contribution in [-0.4, -0.2) is 21.1 Å². The molecular formula is C10H9ClN6O. The Labute approximate surface area is 107 Å². The molecule has 0 bridgehead atoms. The number of nitrogens with two attached hydrogens (primary N) is 1. The monoisotopic (exact) mass is 264 g/mol. The van der Waals surface area contributed by atoms with E-state index < -0.39 is 0 Å². The van der Waals surface area contributed by atoms with E-state index in [9.17, 15) is 4.79 Å². The maximum Gasteiger partial charge on any atom is 0.257 e. The second kappa shape index (κ2) is 5.39. The van der Waals surface area contributed by atoms with Crippen molar-refractivity contribution >= 4 is 29.1 Å². The SMILES string of the molecule is NNc1cc(C(=O)Nc2cccnn2)cc(Cl)n1. The van der Waals surface area contributed by atoms with Crippen LogP contribution in [0, 0.1) is 0 Å². The second-order valence-corrected chi connectivity index (χ2v) is 3.66. The maximum atomic E-state index is 11.9. The summed E-state index contributed by atoms with van der Waals surface area (Å²) in [5.41, 5.74) is 2.64. The molecule has 0 aliphatic heterocycles. The Morgan fingerprint density at radius 1 is 1.33 bits per heavy atom. The van der Waals surface area contributed by atoms with Crippen LogP contribution in [0.4, 0.5) is 11.6 Å². The highest BCUT2D eigenvalue weighted by Gasteiger charge is 2.10. The van der Waals surface area contributed by atoms with E-state index in [0.29, 0.717) is 17.2 Å². The minimum atomic E-state index is -0.378. The Morgan fingerprint density at radius 3 is 2.83 bits per heavy atom. The Kier molecular flexibility index (Phi) is 3.66. The first-order chi connectivity index (χ1) is 8.69. The van der Waals surface area contributed by atoms with Gasteiger partial charge in [-0.3, -0.25) is 4.79 Å². The molecule has 7 nitrogen and oxygen atoms in total. The van der Waals surface area contributed by atoms with Gasteiger partial charge in [-0.2, -0.15) is 5.10 Å². The van der Waals surface area contributed by atoms with Gasteiger partial charge in [-0.25, -0.2) is 10.8 Å². The topological polar surface area (TPSA) is 106 Å². The average molecular weight is 265 g/mol. The van der Waals surface area contributed by atoms with Gasteiger partial charge in [0, 0.05) is 11.8 Å². The van der Waals surface area contributed by atoms with Crippen LogP contribution in [0.3, 0.4) is 0 Å². The second-order valence-electron chi connectivity index (χ2n) is 3.27. The van der Waals surface area contributed by atoms with E-state index in [4.69, 9.17) is 17.4 Å². The smallest absolute Gasteiger partial charge is 0.257 e.